The van der Waals surface area contributed by atoms with E-state index in [1.54, 1.807) is 17.0 Å². The zero-order valence-electron chi connectivity index (χ0n) is 16.9. The van der Waals surface area contributed by atoms with Crippen molar-refractivity contribution in [3.8, 4) is 0 Å². The van der Waals surface area contributed by atoms with E-state index >= 15 is 0 Å². The van der Waals surface area contributed by atoms with Crippen molar-refractivity contribution in [1.29, 1.82) is 0 Å². The number of nitrogen functional groups attached to an aromatic ring is 1. The highest BCUT2D eigenvalue weighted by Gasteiger charge is 2.53. The Kier molecular flexibility index (Phi) is 6.62. The smallest absolute Gasteiger partial charge is 0.278 e. The summed E-state index contributed by atoms with van der Waals surface area (Å²) in [5.74, 6) is -2.47. The third kappa shape index (κ3) is 4.56. The van der Waals surface area contributed by atoms with Gasteiger partial charge in [0.1, 0.15) is 18.5 Å². The average molecular weight is 554 g/mol. The maximum atomic E-state index is 12.9. The number of carbonyl (C=O) groups is 3. The minimum Gasteiger partial charge on any atom is -0.543 e. The number of aromatic nitrogens is 3. The Hall–Kier alpha value is -3.04. The van der Waals surface area contributed by atoms with Gasteiger partial charge in [-0.25, -0.2) is 0 Å². The molecular formula is C18H16BrN7O5S2. The van der Waals surface area contributed by atoms with Crippen LogP contribution < -0.4 is 20.7 Å². The van der Waals surface area contributed by atoms with Gasteiger partial charge in [0, 0.05) is 28.9 Å². The second kappa shape index (κ2) is 9.44. The molecule has 1 saturated heterocycles. The number of β-lactam (4-membered cyclic amide) rings is 1. The summed E-state index contributed by atoms with van der Waals surface area (Å²) < 4.78 is 6.56. The molecule has 12 nitrogen and oxygen atoms in total. The topological polar surface area (TPSA) is 167 Å². The van der Waals surface area contributed by atoms with Crippen LogP contribution in [0.1, 0.15) is 5.82 Å². The lowest BCUT2D eigenvalue weighted by Gasteiger charge is -2.50. The number of carbonyl (C=O) groups excluding carboxylic acids is 3. The van der Waals surface area contributed by atoms with Crippen molar-refractivity contribution in [2.75, 3.05) is 18.6 Å². The third-order valence-electron chi connectivity index (χ3n) is 4.77. The number of oxime groups is 1. The minimum atomic E-state index is -1.45. The quantitative estimate of drug-likeness (QED) is 0.182. The molecule has 15 heteroatoms. The van der Waals surface area contributed by atoms with E-state index < -0.39 is 29.2 Å². The summed E-state index contributed by atoms with van der Waals surface area (Å²) in [4.78, 5) is 47.3. The van der Waals surface area contributed by atoms with Gasteiger partial charge in [-0.15, -0.1) is 11.8 Å². The molecule has 0 aromatic carbocycles. The van der Waals surface area contributed by atoms with Gasteiger partial charge in [0.05, 0.1) is 16.1 Å². The molecule has 0 bridgehead atoms. The van der Waals surface area contributed by atoms with Gasteiger partial charge in [-0.3, -0.25) is 14.5 Å². The molecule has 4 rings (SSSR count). The van der Waals surface area contributed by atoms with Crippen molar-refractivity contribution in [3.63, 3.8) is 0 Å². The zero-order valence-corrected chi connectivity index (χ0v) is 20.1. The van der Waals surface area contributed by atoms with E-state index in [1.165, 1.54) is 18.9 Å². The van der Waals surface area contributed by atoms with Crippen LogP contribution in [0.5, 0.6) is 0 Å². The number of pyridine rings is 1. The van der Waals surface area contributed by atoms with Gasteiger partial charge in [-0.05, 0) is 22.0 Å². The van der Waals surface area contributed by atoms with Crippen molar-refractivity contribution in [1.82, 2.24) is 19.6 Å². The van der Waals surface area contributed by atoms with Crippen LogP contribution in [-0.2, 0) is 25.8 Å². The van der Waals surface area contributed by atoms with Crippen molar-refractivity contribution < 1.29 is 28.9 Å². The number of aliphatic carboxylic acids is 1. The first-order valence-electron chi connectivity index (χ1n) is 9.34. The molecular weight excluding hydrogens is 538 g/mol. The number of hydrogen-bond donors (Lipinski definition) is 2. The molecule has 2 aliphatic rings. The number of fused-ring (bicyclic) bond motifs is 1. The van der Waals surface area contributed by atoms with Crippen LogP contribution in [0.2, 0.25) is 0 Å². The van der Waals surface area contributed by atoms with Crippen molar-refractivity contribution >= 4 is 67.9 Å². The molecule has 1 fully saturated rings. The Morgan fingerprint density at radius 3 is 2.94 bits per heavy atom. The lowest BCUT2D eigenvalue weighted by atomic mass is 10.0. The van der Waals surface area contributed by atoms with Crippen LogP contribution in [0.25, 0.3) is 0 Å². The van der Waals surface area contributed by atoms with Crippen molar-refractivity contribution in [2.24, 2.45) is 5.16 Å². The molecule has 0 unspecified atom stereocenters. The number of hydrogen-bond acceptors (Lipinski definition) is 11. The van der Waals surface area contributed by atoms with Crippen LogP contribution >= 0.6 is 39.2 Å². The second-order valence-corrected chi connectivity index (χ2v) is 9.68. The average Bonchev–Trinajstić information content (AvgIpc) is 3.21. The van der Waals surface area contributed by atoms with Gasteiger partial charge >= 0.3 is 0 Å². The van der Waals surface area contributed by atoms with Gasteiger partial charge in [0.15, 0.2) is 24.1 Å². The zero-order chi connectivity index (χ0) is 23.7. The molecule has 2 amide bonds. The first kappa shape index (κ1) is 23.1. The number of carboxylic acids is 1. The molecule has 2 aliphatic heterocycles. The number of rotatable bonds is 7. The van der Waals surface area contributed by atoms with Crippen LogP contribution in [-0.4, -0.2) is 62.0 Å². The normalized spacial score (nSPS) is 20.2. The van der Waals surface area contributed by atoms with E-state index in [0.29, 0.717) is 11.3 Å². The first-order valence-corrected chi connectivity index (χ1v) is 12.0. The highest BCUT2D eigenvalue weighted by atomic mass is 79.9. The number of halogens is 1. The van der Waals surface area contributed by atoms with Crippen molar-refractivity contribution in [2.45, 2.75) is 18.0 Å². The molecule has 2 aromatic heterocycles. The standard InChI is InChI=1S/C18H16BrN7O5S2/c1-31-23-10(13-22-18(20)33-24-13)14(27)21-11-15(28)26-12(17(29)30)8(7-32-16(11)26)5-25-4-2-3-9(19)6-25/h2-4,6,11,16H,5,7H2,1H3,(H3-,20,21,22,24,27,29,30)/b23-10-/t11-,16-/m1/s1. The molecule has 2 aromatic rings. The van der Waals surface area contributed by atoms with Gasteiger partial charge in [-0.2, -0.15) is 13.9 Å². The number of carboxylic acid groups (broad SMARTS) is 1. The molecule has 0 spiro atoms. The fourth-order valence-corrected chi connectivity index (χ4v) is 5.60. The summed E-state index contributed by atoms with van der Waals surface area (Å²) in [6.07, 6.45) is 3.59. The Morgan fingerprint density at radius 2 is 2.30 bits per heavy atom. The van der Waals surface area contributed by atoms with Crippen LogP contribution in [0.4, 0.5) is 5.13 Å². The number of thioether (sulfide) groups is 1. The third-order valence-corrected chi connectivity index (χ3v) is 7.13. The number of nitrogens with two attached hydrogens (primary N) is 1. The summed E-state index contributed by atoms with van der Waals surface area (Å²) in [6, 6.07) is 2.70. The summed E-state index contributed by atoms with van der Waals surface area (Å²) in [5, 5.41) is 17.7. The van der Waals surface area contributed by atoms with Crippen LogP contribution in [0.3, 0.4) is 0 Å². The van der Waals surface area contributed by atoms with Gasteiger partial charge in [0.25, 0.3) is 11.8 Å². The predicted molar refractivity (Wildman–Crippen MR) is 119 cm³/mol. The predicted octanol–water partition coefficient (Wildman–Crippen LogP) is -1.38. The van der Waals surface area contributed by atoms with Gasteiger partial charge in [0.2, 0.25) is 11.5 Å². The van der Waals surface area contributed by atoms with Crippen molar-refractivity contribution in [3.05, 3.63) is 46.1 Å². The molecule has 0 radical (unpaired) electrons. The second-order valence-electron chi connectivity index (χ2n) is 6.87. The Labute approximate surface area is 203 Å². The number of amides is 2. The SMILES string of the molecule is CO/N=C(\C(=O)N[C@@H]1C(=O)N2C(C(=O)[O-])=C(C[n+]3cccc(Br)c3)CS[C@H]12)c1nsc(N)n1. The summed E-state index contributed by atoms with van der Waals surface area (Å²) >= 11 is 5.59. The monoisotopic (exact) mass is 553 g/mol. The van der Waals surface area contributed by atoms with E-state index in [4.69, 9.17) is 10.6 Å². The summed E-state index contributed by atoms with van der Waals surface area (Å²) in [5.41, 5.74) is 5.66. The Bertz CT molecular complexity index is 1200. The molecule has 172 valence electrons. The highest BCUT2D eigenvalue weighted by Crippen LogP contribution is 2.40. The van der Waals surface area contributed by atoms with Gasteiger partial charge in [-0.1, -0.05) is 5.16 Å². The van der Waals surface area contributed by atoms with Crippen LogP contribution in [0.15, 0.2) is 45.4 Å². The Balaban J connectivity index is 1.54. The van der Waals surface area contributed by atoms with Crippen LogP contribution in [0, 0.1) is 0 Å². The molecule has 3 N–H and O–H groups in total. The fourth-order valence-electron chi connectivity index (χ4n) is 3.42. The highest BCUT2D eigenvalue weighted by molar-refractivity contribution is 9.10. The Morgan fingerprint density at radius 1 is 1.52 bits per heavy atom. The molecule has 33 heavy (non-hydrogen) atoms. The molecule has 4 heterocycles. The molecule has 0 aliphatic carbocycles. The summed E-state index contributed by atoms with van der Waals surface area (Å²) in [6.45, 7) is 0.269. The molecule has 0 saturated carbocycles. The largest absolute Gasteiger partial charge is 0.543 e. The minimum absolute atomic E-state index is 0.0413. The lowest BCUT2D eigenvalue weighted by molar-refractivity contribution is -0.689. The number of nitrogens with one attached hydrogen (secondary N) is 1. The fraction of sp³-hybridized carbons (Fsp3) is 0.278. The molecule has 2 atom stereocenters. The van der Waals surface area contributed by atoms with Gasteiger partial charge < -0.3 is 25.8 Å². The number of anilines is 1. The first-order chi connectivity index (χ1) is 15.8. The van der Waals surface area contributed by atoms with E-state index in [1.807, 2.05) is 12.1 Å². The lowest BCUT2D eigenvalue weighted by Crippen LogP contribution is -2.71. The maximum absolute atomic E-state index is 12.9. The van der Waals surface area contributed by atoms with E-state index in [9.17, 15) is 19.5 Å². The van der Waals surface area contributed by atoms with E-state index in [2.05, 4.69) is 35.8 Å². The van der Waals surface area contributed by atoms with E-state index in [0.717, 1.165) is 20.9 Å². The summed E-state index contributed by atoms with van der Waals surface area (Å²) in [7, 11) is 1.25. The number of nitrogens with zero attached hydrogens (tertiary/aromatic N) is 5. The maximum Gasteiger partial charge on any atom is 0.278 e. The van der Waals surface area contributed by atoms with E-state index in [-0.39, 0.29) is 28.9 Å².